The molecule has 0 saturated carbocycles. The molecule has 0 bridgehead atoms. The van der Waals surface area contributed by atoms with Gasteiger partial charge in [0.15, 0.2) is 0 Å². The monoisotopic (exact) mass is 561 g/mol. The van der Waals surface area contributed by atoms with Gasteiger partial charge in [0.25, 0.3) is 0 Å². The zero-order valence-corrected chi connectivity index (χ0v) is 24.9. The van der Waals surface area contributed by atoms with Crippen LogP contribution in [0.15, 0.2) is 48.1 Å². The van der Waals surface area contributed by atoms with Crippen LogP contribution < -0.4 is 35.2 Å². The number of fused-ring (bicyclic) bond motifs is 5. The zero-order chi connectivity index (χ0) is 20.6. The van der Waals surface area contributed by atoms with Gasteiger partial charge in [-0.2, -0.15) is 0 Å². The first-order valence-electron chi connectivity index (χ1n) is 10.7. The average molecular weight is 564 g/mol. The topological polar surface area (TPSA) is 9.23 Å². The maximum absolute atomic E-state index is 6.09. The molecule has 3 aliphatic rings. The van der Waals surface area contributed by atoms with Gasteiger partial charge in [-0.3, -0.25) is 0 Å². The van der Waals surface area contributed by atoms with E-state index >= 15 is 0 Å². The van der Waals surface area contributed by atoms with Crippen LogP contribution in [0.1, 0.15) is 33.2 Å². The van der Waals surface area contributed by atoms with Crippen LogP contribution >= 0.6 is 0 Å². The quantitative estimate of drug-likeness (QED) is 0.442. The Labute approximate surface area is 216 Å². The van der Waals surface area contributed by atoms with Gasteiger partial charge in [0.1, 0.15) is 0 Å². The van der Waals surface area contributed by atoms with Crippen LogP contribution in [0, 0.1) is 0 Å². The summed E-state index contributed by atoms with van der Waals surface area (Å²) < 4.78 is 6.72. The first kappa shape index (κ1) is 25.4. The number of rotatable bonds is 5. The summed E-state index contributed by atoms with van der Waals surface area (Å²) in [5, 5.41) is 3.52. The SMILES string of the molecule is C[Si](C)(C)OCCC1=CCC(c2cc3c(c4c2[Si]4(C)C)[CH]([Zr+2])c2ccccc2-3)=C1.[Cl-].[Cl-]. The van der Waals surface area contributed by atoms with Crippen LogP contribution in [0.25, 0.3) is 16.7 Å². The molecule has 31 heavy (non-hydrogen) atoms. The Hall–Kier alpha value is -0.223. The molecule has 2 aromatic rings. The van der Waals surface area contributed by atoms with Crippen molar-refractivity contribution < 1.29 is 54.0 Å². The van der Waals surface area contributed by atoms with E-state index in [-0.39, 0.29) is 24.8 Å². The molecule has 2 aromatic carbocycles. The van der Waals surface area contributed by atoms with E-state index in [1.165, 1.54) is 22.3 Å². The largest absolute Gasteiger partial charge is 1.00 e. The molecule has 1 heterocycles. The Balaban J connectivity index is 0.00000136. The van der Waals surface area contributed by atoms with Gasteiger partial charge >= 0.3 is 174 Å². The normalized spacial score (nSPS) is 19.4. The summed E-state index contributed by atoms with van der Waals surface area (Å²) in [4.78, 5) is 0. The molecule has 0 aromatic heterocycles. The van der Waals surface area contributed by atoms with Crippen molar-refractivity contribution in [2.24, 2.45) is 0 Å². The molecule has 0 fully saturated rings. The molecule has 0 saturated heterocycles. The molecule has 1 aliphatic heterocycles. The van der Waals surface area contributed by atoms with Crippen molar-refractivity contribution in [1.29, 1.82) is 0 Å². The van der Waals surface area contributed by atoms with Gasteiger partial charge in [-0.05, 0) is 19.6 Å². The third-order valence-corrected chi connectivity index (χ3v) is 12.5. The molecule has 6 heteroatoms. The van der Waals surface area contributed by atoms with Gasteiger partial charge in [-0.25, -0.2) is 0 Å². The molecule has 1 atom stereocenters. The third kappa shape index (κ3) is 4.34. The second-order valence-corrected chi connectivity index (χ2v) is 20.3. The fourth-order valence-electron chi connectivity index (χ4n) is 5.19. The maximum atomic E-state index is 6.09. The summed E-state index contributed by atoms with van der Waals surface area (Å²) in [6.45, 7) is 12.8. The van der Waals surface area contributed by atoms with Crippen molar-refractivity contribution in [3.8, 4) is 11.1 Å². The van der Waals surface area contributed by atoms with Crippen molar-refractivity contribution in [3.05, 3.63) is 64.7 Å². The van der Waals surface area contributed by atoms with Crippen LogP contribution in [0.2, 0.25) is 32.7 Å². The second-order valence-electron chi connectivity index (χ2n) is 10.1. The van der Waals surface area contributed by atoms with Crippen LogP contribution in [-0.2, 0) is 29.1 Å². The van der Waals surface area contributed by atoms with Crippen LogP contribution in [0.5, 0.6) is 0 Å². The van der Waals surface area contributed by atoms with E-state index < -0.39 is 16.4 Å². The van der Waals surface area contributed by atoms with Gasteiger partial charge in [0.05, 0.1) is 0 Å². The Kier molecular flexibility index (Phi) is 7.25. The van der Waals surface area contributed by atoms with E-state index in [0.29, 0.717) is 3.63 Å². The minimum Gasteiger partial charge on any atom is -1.00 e. The standard InChI is InChI=1S/C25H29OSi2.2ClH.Zr/c1-27(2,3)26-13-12-17-10-11-19(14-17)21-16-22-20-9-7-6-8-18(20)15-23(22)25-24(21)28(25,4)5;;;/h6-10,14-16H,11-13H2,1-5H3;2*1H;/q;;;+2/p-2. The van der Waals surface area contributed by atoms with Gasteiger partial charge < -0.3 is 24.8 Å². The predicted molar refractivity (Wildman–Crippen MR) is 125 cm³/mol. The number of hydrogen-bond acceptors (Lipinski definition) is 1. The summed E-state index contributed by atoms with van der Waals surface area (Å²) >= 11 is 1.63. The molecule has 0 amide bonds. The summed E-state index contributed by atoms with van der Waals surface area (Å²) in [5.41, 5.74) is 10.8. The molecule has 1 nitrogen and oxygen atoms in total. The summed E-state index contributed by atoms with van der Waals surface area (Å²) in [6, 6.07) is 11.7. The molecule has 0 spiro atoms. The maximum Gasteiger partial charge on any atom is -1.00 e. The van der Waals surface area contributed by atoms with E-state index in [0.717, 1.165) is 19.4 Å². The first-order chi connectivity index (χ1) is 13.7. The predicted octanol–water partition coefficient (Wildman–Crippen LogP) is -0.598. The van der Waals surface area contributed by atoms with Crippen LogP contribution in [-0.4, -0.2) is 23.0 Å². The van der Waals surface area contributed by atoms with E-state index in [9.17, 15) is 0 Å². The molecule has 5 rings (SSSR count). The zero-order valence-electron chi connectivity index (χ0n) is 18.9. The first-order valence-corrected chi connectivity index (χ1v) is 18.6. The van der Waals surface area contributed by atoms with E-state index in [1.54, 1.807) is 51.8 Å². The minimum absolute atomic E-state index is 0. The molecule has 161 valence electrons. The fraction of sp³-hybridized carbons (Fsp3) is 0.360. The van der Waals surface area contributed by atoms with Crippen molar-refractivity contribution in [2.75, 3.05) is 6.61 Å². The summed E-state index contributed by atoms with van der Waals surface area (Å²) in [7, 11) is -2.81. The van der Waals surface area contributed by atoms with Crippen molar-refractivity contribution >= 4 is 32.3 Å². The van der Waals surface area contributed by atoms with Crippen LogP contribution in [0.3, 0.4) is 0 Å². The van der Waals surface area contributed by atoms with E-state index in [1.807, 2.05) is 0 Å². The Bertz CT molecular complexity index is 1100. The number of hydrogen-bond donors (Lipinski definition) is 0. The molecule has 1 unspecified atom stereocenters. The number of benzene rings is 2. The Morgan fingerprint density at radius 3 is 2.45 bits per heavy atom. The Morgan fingerprint density at radius 1 is 1.03 bits per heavy atom. The molecular formula is C25H29Cl2OSi2Zr. The minimum atomic E-state index is -1.42. The van der Waals surface area contributed by atoms with Crippen molar-refractivity contribution in [2.45, 2.75) is 49.2 Å². The molecule has 2 aliphatic carbocycles. The van der Waals surface area contributed by atoms with Crippen molar-refractivity contribution in [1.82, 2.24) is 0 Å². The van der Waals surface area contributed by atoms with E-state index in [2.05, 4.69) is 75.2 Å². The molecule has 0 N–H and O–H groups in total. The van der Waals surface area contributed by atoms with Crippen molar-refractivity contribution in [3.63, 3.8) is 0 Å². The van der Waals surface area contributed by atoms with Crippen LogP contribution in [0.4, 0.5) is 0 Å². The van der Waals surface area contributed by atoms with Gasteiger partial charge in [-0.1, -0.05) is 0 Å². The second kappa shape index (κ2) is 8.85. The average Bonchev–Trinajstić information content (AvgIpc) is 2.99. The van der Waals surface area contributed by atoms with E-state index in [4.69, 9.17) is 4.43 Å². The van der Waals surface area contributed by atoms with Gasteiger partial charge in [0.2, 0.25) is 0 Å². The van der Waals surface area contributed by atoms with Gasteiger partial charge in [-0.15, -0.1) is 0 Å². The summed E-state index contributed by atoms with van der Waals surface area (Å²) in [6.07, 6.45) is 7.03. The fourth-order valence-corrected chi connectivity index (χ4v) is 11.4. The molecule has 0 radical (unpaired) electrons. The number of allylic oxidation sites excluding steroid dienone is 3. The molecular weight excluding hydrogens is 535 g/mol. The third-order valence-electron chi connectivity index (χ3n) is 6.62. The number of halogens is 2. The summed E-state index contributed by atoms with van der Waals surface area (Å²) in [5.74, 6) is 0. The smallest absolute Gasteiger partial charge is 1.00 e. The van der Waals surface area contributed by atoms with Gasteiger partial charge in [0, 0.05) is 0 Å². The Morgan fingerprint density at radius 2 is 1.74 bits per heavy atom.